The minimum Gasteiger partial charge on any atom is -0.381 e. The Kier molecular flexibility index (Phi) is 3.65. The molecule has 100 valence electrons. The van der Waals surface area contributed by atoms with Crippen LogP contribution >= 0.6 is 0 Å². The zero-order valence-corrected chi connectivity index (χ0v) is 11.0. The Hall–Kier alpha value is -1.61. The maximum atomic E-state index is 10.6. The van der Waals surface area contributed by atoms with Gasteiger partial charge < -0.3 is 14.1 Å². The molecule has 1 aliphatic heterocycles. The van der Waals surface area contributed by atoms with E-state index in [1.165, 1.54) is 10.9 Å². The molecule has 19 heavy (non-hydrogen) atoms. The monoisotopic (exact) mass is 257 g/mol. The molecule has 0 amide bonds. The first-order valence-corrected chi connectivity index (χ1v) is 6.96. The van der Waals surface area contributed by atoms with E-state index in [0.717, 1.165) is 50.4 Å². The van der Waals surface area contributed by atoms with Gasteiger partial charge in [0.1, 0.15) is 6.29 Å². The van der Waals surface area contributed by atoms with Crippen molar-refractivity contribution >= 4 is 17.2 Å². The minimum atomic E-state index is 0.501. The van der Waals surface area contributed by atoms with Crippen molar-refractivity contribution < 1.29 is 9.53 Å². The van der Waals surface area contributed by atoms with Gasteiger partial charge in [-0.1, -0.05) is 6.07 Å². The van der Waals surface area contributed by atoms with Crippen molar-refractivity contribution in [1.82, 2.24) is 4.57 Å². The molecule has 1 aromatic carbocycles. The lowest BCUT2D eigenvalue weighted by molar-refractivity contribution is -0.107. The fourth-order valence-corrected chi connectivity index (χ4v) is 2.84. The zero-order valence-electron chi connectivity index (χ0n) is 11.0. The molecular weight excluding hydrogens is 238 g/mol. The summed E-state index contributed by atoms with van der Waals surface area (Å²) in [6.07, 6.45) is 5.93. The van der Waals surface area contributed by atoms with Crippen LogP contribution in [0.5, 0.6) is 0 Å². The highest BCUT2D eigenvalue weighted by atomic mass is 16.5. The molecule has 1 saturated heterocycles. The Balaban J connectivity index is 1.81. The minimum absolute atomic E-state index is 0.501. The summed E-state index contributed by atoms with van der Waals surface area (Å²) in [5.41, 5.74) is 2.35. The first-order chi connectivity index (χ1) is 9.36. The number of aldehydes is 1. The highest BCUT2D eigenvalue weighted by molar-refractivity contribution is 5.81. The summed E-state index contributed by atoms with van der Waals surface area (Å²) in [6, 6.07) is 8.44. The van der Waals surface area contributed by atoms with Crippen molar-refractivity contribution in [3.05, 3.63) is 36.0 Å². The van der Waals surface area contributed by atoms with Crippen LogP contribution in [-0.4, -0.2) is 24.1 Å². The topological polar surface area (TPSA) is 31.2 Å². The second-order valence-electron chi connectivity index (χ2n) is 5.29. The van der Waals surface area contributed by atoms with E-state index in [1.807, 2.05) is 0 Å². The molecule has 3 rings (SSSR count). The average molecular weight is 257 g/mol. The molecule has 1 fully saturated rings. The molecule has 0 radical (unpaired) electrons. The summed E-state index contributed by atoms with van der Waals surface area (Å²) >= 11 is 0. The van der Waals surface area contributed by atoms with Crippen LogP contribution in [0.4, 0.5) is 0 Å². The van der Waals surface area contributed by atoms with Crippen LogP contribution in [0.3, 0.4) is 0 Å². The van der Waals surface area contributed by atoms with Gasteiger partial charge in [0.25, 0.3) is 0 Å². The second-order valence-corrected chi connectivity index (χ2v) is 5.29. The van der Waals surface area contributed by atoms with Gasteiger partial charge in [-0.15, -0.1) is 0 Å². The summed E-state index contributed by atoms with van der Waals surface area (Å²) in [5.74, 6) is 0.721. The van der Waals surface area contributed by atoms with Crippen molar-refractivity contribution in [2.24, 2.45) is 5.92 Å². The van der Waals surface area contributed by atoms with Gasteiger partial charge in [0.05, 0.1) is 0 Å². The number of carbonyl (C=O) groups is 1. The molecule has 0 bridgehead atoms. The van der Waals surface area contributed by atoms with Gasteiger partial charge in [-0.25, -0.2) is 0 Å². The fourth-order valence-electron chi connectivity index (χ4n) is 2.84. The van der Waals surface area contributed by atoms with E-state index < -0.39 is 0 Å². The molecule has 3 nitrogen and oxygen atoms in total. The first kappa shape index (κ1) is 12.4. The Morgan fingerprint density at radius 2 is 2.11 bits per heavy atom. The van der Waals surface area contributed by atoms with Gasteiger partial charge in [0.15, 0.2) is 0 Å². The molecule has 2 aromatic rings. The third-order valence-electron chi connectivity index (χ3n) is 3.95. The summed E-state index contributed by atoms with van der Waals surface area (Å²) < 4.78 is 7.74. The highest BCUT2D eigenvalue weighted by Crippen LogP contribution is 2.22. The van der Waals surface area contributed by atoms with E-state index in [4.69, 9.17) is 4.74 Å². The van der Waals surface area contributed by atoms with Gasteiger partial charge in [-0.05, 0) is 47.9 Å². The number of rotatable bonds is 4. The number of carbonyl (C=O) groups excluding carboxylic acids is 1. The highest BCUT2D eigenvalue weighted by Gasteiger charge is 2.15. The molecule has 0 N–H and O–H groups in total. The smallest absolute Gasteiger partial charge is 0.124 e. The normalized spacial score (nSPS) is 16.8. The number of hydrogen-bond acceptors (Lipinski definition) is 2. The summed E-state index contributed by atoms with van der Waals surface area (Å²) in [7, 11) is 0. The average Bonchev–Trinajstić information content (AvgIpc) is 2.83. The van der Waals surface area contributed by atoms with Crippen LogP contribution in [0.2, 0.25) is 0 Å². The zero-order chi connectivity index (χ0) is 13.1. The van der Waals surface area contributed by atoms with Gasteiger partial charge in [-0.3, -0.25) is 0 Å². The predicted molar refractivity (Wildman–Crippen MR) is 75.2 cm³/mol. The van der Waals surface area contributed by atoms with Crippen molar-refractivity contribution in [3.63, 3.8) is 0 Å². The molecule has 0 unspecified atom stereocenters. The van der Waals surface area contributed by atoms with Crippen molar-refractivity contribution in [1.29, 1.82) is 0 Å². The van der Waals surface area contributed by atoms with Gasteiger partial charge in [-0.2, -0.15) is 0 Å². The van der Waals surface area contributed by atoms with E-state index in [2.05, 4.69) is 35.0 Å². The maximum absolute atomic E-state index is 10.6. The molecule has 0 spiro atoms. The van der Waals surface area contributed by atoms with Crippen molar-refractivity contribution in [2.45, 2.75) is 25.8 Å². The second kappa shape index (κ2) is 5.57. The van der Waals surface area contributed by atoms with Crippen molar-refractivity contribution in [3.8, 4) is 0 Å². The lowest BCUT2D eigenvalue weighted by atomic mass is 10.0. The number of benzene rings is 1. The third kappa shape index (κ3) is 2.71. The Labute approximate surface area is 113 Å². The van der Waals surface area contributed by atoms with E-state index >= 15 is 0 Å². The molecular formula is C16H19NO2. The van der Waals surface area contributed by atoms with Crippen LogP contribution in [0.15, 0.2) is 30.5 Å². The van der Waals surface area contributed by atoms with Crippen LogP contribution in [0.1, 0.15) is 18.4 Å². The maximum Gasteiger partial charge on any atom is 0.124 e. The quantitative estimate of drug-likeness (QED) is 0.789. The van der Waals surface area contributed by atoms with Crippen molar-refractivity contribution in [2.75, 3.05) is 13.2 Å². The number of hydrogen-bond donors (Lipinski definition) is 0. The lowest BCUT2D eigenvalue weighted by Crippen LogP contribution is -2.20. The Morgan fingerprint density at radius 3 is 2.89 bits per heavy atom. The summed E-state index contributed by atoms with van der Waals surface area (Å²) in [4.78, 5) is 10.6. The summed E-state index contributed by atoms with van der Waals surface area (Å²) in [6.45, 7) is 2.86. The molecule has 1 aliphatic rings. The lowest BCUT2D eigenvalue weighted by Gasteiger charge is -2.22. The van der Waals surface area contributed by atoms with Crippen LogP contribution < -0.4 is 0 Å². The summed E-state index contributed by atoms with van der Waals surface area (Å²) in [5, 5.41) is 1.23. The van der Waals surface area contributed by atoms with Crippen LogP contribution in [0, 0.1) is 5.92 Å². The van der Waals surface area contributed by atoms with E-state index in [0.29, 0.717) is 6.42 Å². The van der Waals surface area contributed by atoms with Crippen LogP contribution in [-0.2, 0) is 22.5 Å². The molecule has 2 heterocycles. The van der Waals surface area contributed by atoms with Gasteiger partial charge in [0, 0.05) is 37.9 Å². The number of nitrogens with zero attached hydrogens (tertiary/aromatic N) is 1. The molecule has 1 aromatic heterocycles. The largest absolute Gasteiger partial charge is 0.381 e. The Morgan fingerprint density at radius 1 is 1.26 bits per heavy atom. The van der Waals surface area contributed by atoms with E-state index in [-0.39, 0.29) is 0 Å². The van der Waals surface area contributed by atoms with Gasteiger partial charge in [0.2, 0.25) is 0 Å². The Bertz CT molecular complexity index is 567. The number of fused-ring (bicyclic) bond motifs is 1. The molecule has 0 atom stereocenters. The molecule has 0 saturated carbocycles. The molecule has 3 heteroatoms. The number of ether oxygens (including phenoxy) is 1. The fraction of sp³-hybridized carbons (Fsp3) is 0.438. The predicted octanol–water partition coefficient (Wildman–Crippen LogP) is 2.81. The standard InChI is InChI=1S/C16H19NO2/c18-8-4-13-1-2-16-15(11-13)3-7-17(16)12-14-5-9-19-10-6-14/h1-3,7-8,11,14H,4-6,9-10,12H2. The van der Waals surface area contributed by atoms with Crippen LogP contribution in [0.25, 0.3) is 10.9 Å². The SMILES string of the molecule is O=CCc1ccc2c(ccn2CC2CCOCC2)c1. The van der Waals surface area contributed by atoms with E-state index in [9.17, 15) is 4.79 Å². The van der Waals surface area contributed by atoms with E-state index in [1.54, 1.807) is 0 Å². The number of aromatic nitrogens is 1. The van der Waals surface area contributed by atoms with Gasteiger partial charge >= 0.3 is 0 Å². The first-order valence-electron chi connectivity index (χ1n) is 6.96. The third-order valence-corrected chi connectivity index (χ3v) is 3.95. The molecule has 0 aliphatic carbocycles.